The maximum Gasteiger partial charge on any atom is 0.265 e. The monoisotopic (exact) mass is 448 g/mol. The van der Waals surface area contributed by atoms with E-state index in [-0.39, 0.29) is 11.5 Å². The van der Waals surface area contributed by atoms with E-state index in [1.807, 2.05) is 25.1 Å². The number of aromatic nitrogens is 4. The first-order chi connectivity index (χ1) is 16.1. The molecule has 1 atom stereocenters. The zero-order valence-electron chi connectivity index (χ0n) is 19.7. The number of anilines is 2. The van der Waals surface area contributed by atoms with E-state index in [9.17, 15) is 9.59 Å². The molecule has 1 saturated heterocycles. The van der Waals surface area contributed by atoms with Crippen molar-refractivity contribution in [1.29, 1.82) is 0 Å². The van der Waals surface area contributed by atoms with Crippen LogP contribution in [0.1, 0.15) is 63.6 Å². The molecule has 0 radical (unpaired) electrons. The van der Waals surface area contributed by atoms with E-state index >= 15 is 0 Å². The fourth-order valence-corrected chi connectivity index (χ4v) is 4.51. The van der Waals surface area contributed by atoms with Crippen molar-refractivity contribution in [3.63, 3.8) is 0 Å². The average molecular weight is 449 g/mol. The number of rotatable bonds is 7. The van der Waals surface area contributed by atoms with Crippen LogP contribution >= 0.6 is 0 Å². The van der Waals surface area contributed by atoms with Crippen LogP contribution in [0.15, 0.2) is 35.5 Å². The topological polar surface area (TPSA) is 93.0 Å². The van der Waals surface area contributed by atoms with E-state index in [2.05, 4.69) is 39.0 Å². The largest absolute Gasteiger partial charge is 0.341 e. The van der Waals surface area contributed by atoms with Gasteiger partial charge in [-0.3, -0.25) is 14.2 Å². The van der Waals surface area contributed by atoms with Gasteiger partial charge in [-0.25, -0.2) is 9.97 Å². The molecule has 0 saturated carbocycles. The van der Waals surface area contributed by atoms with Crippen molar-refractivity contribution in [2.75, 3.05) is 23.3 Å². The van der Waals surface area contributed by atoms with Gasteiger partial charge in [0, 0.05) is 25.0 Å². The maximum atomic E-state index is 13.3. The van der Waals surface area contributed by atoms with Gasteiger partial charge in [0.15, 0.2) is 5.65 Å². The highest BCUT2D eigenvalue weighted by Gasteiger charge is 2.23. The van der Waals surface area contributed by atoms with Crippen LogP contribution in [0, 0.1) is 0 Å². The Hall–Kier alpha value is -3.29. The van der Waals surface area contributed by atoms with Crippen LogP contribution in [0.3, 0.4) is 0 Å². The number of carbonyl (C=O) groups is 1. The van der Waals surface area contributed by atoms with Gasteiger partial charge in [-0.15, -0.1) is 0 Å². The summed E-state index contributed by atoms with van der Waals surface area (Å²) in [5.74, 6) is 0.391. The van der Waals surface area contributed by atoms with Crippen molar-refractivity contribution in [3.8, 4) is 0 Å². The zero-order valence-corrected chi connectivity index (χ0v) is 19.7. The number of para-hydroxylation sites is 1. The normalized spacial score (nSPS) is 14.9. The second-order valence-corrected chi connectivity index (χ2v) is 8.48. The predicted octanol–water partition coefficient (Wildman–Crippen LogP) is 3.89. The Morgan fingerprint density at radius 2 is 1.76 bits per heavy atom. The molecule has 0 spiro atoms. The minimum absolute atomic E-state index is 0.220. The summed E-state index contributed by atoms with van der Waals surface area (Å²) in [5, 5.41) is 3.42. The lowest BCUT2D eigenvalue weighted by atomic mass is 10.0. The SMILES string of the molecule is CCc1cccc(CC)c1NC(=O)C(CC)n1cnc2nc(N3CCCCC3)ncc2c1=O. The third-order valence-electron chi connectivity index (χ3n) is 6.44. The zero-order chi connectivity index (χ0) is 23.4. The van der Waals surface area contributed by atoms with Crippen LogP contribution in [-0.4, -0.2) is 38.5 Å². The van der Waals surface area contributed by atoms with Crippen molar-refractivity contribution in [1.82, 2.24) is 19.5 Å². The van der Waals surface area contributed by atoms with E-state index in [0.717, 1.165) is 55.6 Å². The number of hydrogen-bond acceptors (Lipinski definition) is 6. The van der Waals surface area contributed by atoms with Gasteiger partial charge in [-0.1, -0.05) is 39.0 Å². The van der Waals surface area contributed by atoms with Gasteiger partial charge >= 0.3 is 0 Å². The van der Waals surface area contributed by atoms with E-state index in [0.29, 0.717) is 23.4 Å². The molecular formula is C25H32N6O2. The van der Waals surface area contributed by atoms with E-state index in [4.69, 9.17) is 0 Å². The third-order valence-corrected chi connectivity index (χ3v) is 6.44. The lowest BCUT2D eigenvalue weighted by Gasteiger charge is -2.26. The van der Waals surface area contributed by atoms with Gasteiger partial charge in [-0.2, -0.15) is 4.98 Å². The Labute approximate surface area is 194 Å². The van der Waals surface area contributed by atoms with E-state index in [1.165, 1.54) is 17.3 Å². The summed E-state index contributed by atoms with van der Waals surface area (Å²) in [6.45, 7) is 7.86. The van der Waals surface area contributed by atoms with Crippen LogP contribution in [0.2, 0.25) is 0 Å². The second kappa shape index (κ2) is 10.1. The first-order valence-corrected chi connectivity index (χ1v) is 12.0. The molecular weight excluding hydrogens is 416 g/mol. The molecule has 1 aromatic carbocycles. The number of nitrogens with one attached hydrogen (secondary N) is 1. The van der Waals surface area contributed by atoms with Gasteiger partial charge in [0.25, 0.3) is 5.56 Å². The quantitative estimate of drug-likeness (QED) is 0.589. The molecule has 33 heavy (non-hydrogen) atoms. The van der Waals surface area contributed by atoms with E-state index < -0.39 is 6.04 Å². The standard InChI is InChI=1S/C25H32N6O2/c1-4-17-11-10-12-18(5-2)21(17)28-23(32)20(6-3)31-16-27-22-19(24(31)33)15-26-25(29-22)30-13-8-7-9-14-30/h10-12,15-16,20H,4-9,13-14H2,1-3H3,(H,28,32). The molecule has 3 heterocycles. The minimum atomic E-state index is -0.675. The number of hydrogen-bond donors (Lipinski definition) is 1. The van der Waals surface area contributed by atoms with Gasteiger partial charge in [-0.05, 0) is 49.7 Å². The number of aryl methyl sites for hydroxylation is 2. The molecule has 8 nitrogen and oxygen atoms in total. The molecule has 1 aliphatic rings. The number of carbonyl (C=O) groups excluding carboxylic acids is 1. The smallest absolute Gasteiger partial charge is 0.265 e. The van der Waals surface area contributed by atoms with Crippen molar-refractivity contribution in [2.24, 2.45) is 0 Å². The van der Waals surface area contributed by atoms with Crippen LogP contribution in [0.5, 0.6) is 0 Å². The molecule has 0 bridgehead atoms. The summed E-state index contributed by atoms with van der Waals surface area (Å²) in [7, 11) is 0. The molecule has 4 rings (SSSR count). The molecule has 3 aromatic rings. The Bertz CT molecular complexity index is 1180. The summed E-state index contributed by atoms with van der Waals surface area (Å²) >= 11 is 0. The number of fused-ring (bicyclic) bond motifs is 1. The molecule has 1 amide bonds. The minimum Gasteiger partial charge on any atom is -0.341 e. The van der Waals surface area contributed by atoms with Crippen molar-refractivity contribution in [3.05, 3.63) is 52.2 Å². The van der Waals surface area contributed by atoms with E-state index in [1.54, 1.807) is 6.20 Å². The van der Waals surface area contributed by atoms with Gasteiger partial charge in [0.2, 0.25) is 11.9 Å². The first kappa shape index (κ1) is 22.9. The molecule has 1 unspecified atom stereocenters. The molecule has 1 aliphatic heterocycles. The number of benzene rings is 1. The highest BCUT2D eigenvalue weighted by molar-refractivity contribution is 5.95. The Morgan fingerprint density at radius 1 is 1.06 bits per heavy atom. The van der Waals surface area contributed by atoms with Gasteiger partial charge in [0.05, 0.1) is 0 Å². The third kappa shape index (κ3) is 4.60. The Morgan fingerprint density at radius 3 is 2.39 bits per heavy atom. The van der Waals surface area contributed by atoms with Gasteiger partial charge in [0.1, 0.15) is 17.8 Å². The van der Waals surface area contributed by atoms with Crippen LogP contribution in [0.4, 0.5) is 11.6 Å². The molecule has 1 fully saturated rings. The average Bonchev–Trinajstić information content (AvgIpc) is 2.86. The second-order valence-electron chi connectivity index (χ2n) is 8.48. The van der Waals surface area contributed by atoms with Gasteiger partial charge < -0.3 is 10.2 Å². The molecule has 174 valence electrons. The fraction of sp³-hybridized carbons (Fsp3) is 0.480. The lowest BCUT2D eigenvalue weighted by molar-refractivity contribution is -0.119. The fourth-order valence-electron chi connectivity index (χ4n) is 4.51. The lowest BCUT2D eigenvalue weighted by Crippen LogP contribution is -2.34. The summed E-state index contributed by atoms with van der Waals surface area (Å²) in [6.07, 6.45) is 8.53. The number of amides is 1. The Kier molecular flexibility index (Phi) is 7.01. The van der Waals surface area contributed by atoms with Crippen molar-refractivity contribution < 1.29 is 4.79 Å². The van der Waals surface area contributed by atoms with Crippen LogP contribution < -0.4 is 15.8 Å². The Balaban J connectivity index is 1.65. The summed E-state index contributed by atoms with van der Waals surface area (Å²) in [4.78, 5) is 42.1. The highest BCUT2D eigenvalue weighted by Crippen LogP contribution is 2.24. The predicted molar refractivity (Wildman–Crippen MR) is 131 cm³/mol. The first-order valence-electron chi connectivity index (χ1n) is 12.0. The molecule has 1 N–H and O–H groups in total. The van der Waals surface area contributed by atoms with Crippen LogP contribution in [-0.2, 0) is 17.6 Å². The summed E-state index contributed by atoms with van der Waals surface area (Å²) in [6, 6.07) is 5.39. The maximum absolute atomic E-state index is 13.3. The van der Waals surface area contributed by atoms with Crippen molar-refractivity contribution in [2.45, 2.75) is 65.3 Å². The molecule has 8 heteroatoms. The van der Waals surface area contributed by atoms with Crippen LogP contribution in [0.25, 0.3) is 11.0 Å². The highest BCUT2D eigenvalue weighted by atomic mass is 16.2. The summed E-state index contributed by atoms with van der Waals surface area (Å²) in [5.41, 5.74) is 3.08. The number of nitrogens with zero attached hydrogens (tertiary/aromatic N) is 5. The van der Waals surface area contributed by atoms with Crippen molar-refractivity contribution >= 4 is 28.6 Å². The summed E-state index contributed by atoms with van der Waals surface area (Å²) < 4.78 is 1.40. The molecule has 2 aromatic heterocycles. The molecule has 0 aliphatic carbocycles. The number of piperidine rings is 1.